The number of hydrogen-bond donors (Lipinski definition) is 1. The molecule has 1 saturated heterocycles. The van der Waals surface area contributed by atoms with Gasteiger partial charge < -0.3 is 14.2 Å². The molecule has 0 unspecified atom stereocenters. The topological polar surface area (TPSA) is 113 Å². The first-order valence-electron chi connectivity index (χ1n) is 11.2. The lowest BCUT2D eigenvalue weighted by molar-refractivity contribution is -0.0289. The normalized spacial score (nSPS) is 15.6. The molecule has 2 amide bonds. The number of amides is 2. The van der Waals surface area contributed by atoms with Gasteiger partial charge in [-0.2, -0.15) is 5.26 Å². The number of rotatable bonds is 7. The van der Waals surface area contributed by atoms with E-state index >= 15 is 0 Å². The highest BCUT2D eigenvalue weighted by Crippen LogP contribution is 2.29. The highest BCUT2D eigenvalue weighted by Gasteiger charge is 2.25. The van der Waals surface area contributed by atoms with Gasteiger partial charge in [-0.3, -0.25) is 15.1 Å². The van der Waals surface area contributed by atoms with E-state index in [1.54, 1.807) is 13.1 Å². The summed E-state index contributed by atoms with van der Waals surface area (Å²) in [6.45, 7) is 6.56. The monoisotopic (exact) mass is 464 g/mol. The maximum absolute atomic E-state index is 12.9. The lowest BCUT2D eigenvalue weighted by Crippen LogP contribution is -2.32. The molecule has 1 N–H and O–H groups in total. The van der Waals surface area contributed by atoms with E-state index < -0.39 is 12.3 Å². The van der Waals surface area contributed by atoms with Crippen LogP contribution in [0.25, 0.3) is 0 Å². The van der Waals surface area contributed by atoms with Crippen LogP contribution < -0.4 is 15.0 Å². The molecule has 0 saturated carbocycles. The van der Waals surface area contributed by atoms with Gasteiger partial charge in [0.15, 0.2) is 0 Å². The van der Waals surface area contributed by atoms with Crippen molar-refractivity contribution in [3.05, 3.63) is 53.7 Å². The average molecular weight is 465 g/mol. The van der Waals surface area contributed by atoms with E-state index in [2.05, 4.69) is 15.2 Å². The SMILES string of the molecule is CC(C)Oc1cc(NC(=O)N(C)c2ccc(CN3CCCC3)c(C3OC=CO3)n2)ncc1C#N. The minimum atomic E-state index is -0.648. The minimum absolute atomic E-state index is 0.128. The maximum atomic E-state index is 12.9. The van der Waals surface area contributed by atoms with Crippen LogP contribution in [0, 0.1) is 11.3 Å². The molecule has 2 aromatic heterocycles. The zero-order chi connectivity index (χ0) is 24.1. The summed E-state index contributed by atoms with van der Waals surface area (Å²) < 4.78 is 16.8. The number of anilines is 2. The molecule has 2 aliphatic rings. The van der Waals surface area contributed by atoms with E-state index in [4.69, 9.17) is 19.2 Å². The van der Waals surface area contributed by atoms with Gasteiger partial charge in [0.1, 0.15) is 47.2 Å². The van der Waals surface area contributed by atoms with Crippen molar-refractivity contribution in [2.24, 2.45) is 0 Å². The second-order valence-corrected chi connectivity index (χ2v) is 8.41. The van der Waals surface area contributed by atoms with Crippen molar-refractivity contribution in [3.63, 3.8) is 0 Å². The van der Waals surface area contributed by atoms with Crippen LogP contribution in [0.4, 0.5) is 16.4 Å². The molecule has 178 valence electrons. The van der Waals surface area contributed by atoms with E-state index in [0.717, 1.165) is 25.2 Å². The van der Waals surface area contributed by atoms with Crippen molar-refractivity contribution in [1.29, 1.82) is 5.26 Å². The Morgan fingerprint density at radius 2 is 2.06 bits per heavy atom. The molecule has 4 heterocycles. The van der Waals surface area contributed by atoms with E-state index in [0.29, 0.717) is 22.8 Å². The highest BCUT2D eigenvalue weighted by atomic mass is 16.7. The Hall–Kier alpha value is -3.84. The van der Waals surface area contributed by atoms with Crippen LogP contribution in [0.5, 0.6) is 5.75 Å². The Morgan fingerprint density at radius 3 is 2.74 bits per heavy atom. The second kappa shape index (κ2) is 10.4. The molecule has 1 fully saturated rings. The number of nitriles is 1. The van der Waals surface area contributed by atoms with E-state index in [1.807, 2.05) is 26.0 Å². The first-order chi connectivity index (χ1) is 16.4. The standard InChI is InChI=1S/C24H28N6O4/c1-16(2)34-19-12-20(26-14-18(19)13-25)27-24(31)29(3)21-7-6-17(15-30-8-4-5-9-30)22(28-21)23-32-10-11-33-23/h6-7,10-12,14,16,23H,4-5,8-9,15H2,1-3H3,(H,26,27,31). The van der Waals surface area contributed by atoms with Crippen molar-refractivity contribution in [1.82, 2.24) is 14.9 Å². The largest absolute Gasteiger partial charge is 0.489 e. The van der Waals surface area contributed by atoms with Crippen LogP contribution in [-0.4, -0.2) is 47.1 Å². The summed E-state index contributed by atoms with van der Waals surface area (Å²) in [4.78, 5) is 25.5. The molecule has 0 radical (unpaired) electrons. The molecule has 0 bridgehead atoms. The Morgan fingerprint density at radius 1 is 1.32 bits per heavy atom. The minimum Gasteiger partial charge on any atom is -0.489 e. The van der Waals surface area contributed by atoms with Crippen LogP contribution in [0.2, 0.25) is 0 Å². The summed E-state index contributed by atoms with van der Waals surface area (Å²) in [5.74, 6) is 1.06. The molecule has 2 aliphatic heterocycles. The number of carbonyl (C=O) groups is 1. The van der Waals surface area contributed by atoms with Gasteiger partial charge in [0.25, 0.3) is 6.29 Å². The molecule has 2 aromatic rings. The number of nitrogens with one attached hydrogen (secondary N) is 1. The number of nitrogens with zero attached hydrogens (tertiary/aromatic N) is 5. The summed E-state index contributed by atoms with van der Waals surface area (Å²) in [6.07, 6.45) is 5.95. The van der Waals surface area contributed by atoms with Crippen molar-refractivity contribution in [2.45, 2.75) is 45.6 Å². The summed E-state index contributed by atoms with van der Waals surface area (Å²) in [5, 5.41) is 12.0. The molecule has 10 heteroatoms. The number of urea groups is 1. The maximum Gasteiger partial charge on any atom is 0.328 e. The van der Waals surface area contributed by atoms with Gasteiger partial charge in [-0.1, -0.05) is 6.07 Å². The van der Waals surface area contributed by atoms with Crippen LogP contribution in [0.1, 0.15) is 49.8 Å². The van der Waals surface area contributed by atoms with Crippen molar-refractivity contribution >= 4 is 17.7 Å². The molecule has 34 heavy (non-hydrogen) atoms. The Balaban J connectivity index is 1.52. The van der Waals surface area contributed by atoms with Crippen molar-refractivity contribution in [3.8, 4) is 11.8 Å². The summed E-state index contributed by atoms with van der Waals surface area (Å²) in [6, 6.07) is 6.90. The summed E-state index contributed by atoms with van der Waals surface area (Å²) in [5.41, 5.74) is 1.93. The quantitative estimate of drug-likeness (QED) is 0.656. The van der Waals surface area contributed by atoms with E-state index in [1.165, 1.54) is 42.5 Å². The Labute approximate surface area is 198 Å². The summed E-state index contributed by atoms with van der Waals surface area (Å²) in [7, 11) is 1.62. The van der Waals surface area contributed by atoms with Crippen LogP contribution in [0.3, 0.4) is 0 Å². The molecule has 0 atom stereocenters. The molecule has 10 nitrogen and oxygen atoms in total. The predicted molar refractivity (Wildman–Crippen MR) is 125 cm³/mol. The van der Waals surface area contributed by atoms with Gasteiger partial charge in [0, 0.05) is 19.7 Å². The smallest absolute Gasteiger partial charge is 0.328 e. The van der Waals surface area contributed by atoms with Gasteiger partial charge in [-0.25, -0.2) is 14.8 Å². The van der Waals surface area contributed by atoms with Gasteiger partial charge >= 0.3 is 6.03 Å². The first-order valence-corrected chi connectivity index (χ1v) is 11.2. The van der Waals surface area contributed by atoms with Crippen molar-refractivity contribution in [2.75, 3.05) is 30.4 Å². The third kappa shape index (κ3) is 5.38. The van der Waals surface area contributed by atoms with Gasteiger partial charge in [0.05, 0.1) is 12.3 Å². The Kier molecular flexibility index (Phi) is 7.13. The first kappa shape index (κ1) is 23.3. The fraction of sp³-hybridized carbons (Fsp3) is 0.417. The number of hydrogen-bond acceptors (Lipinski definition) is 8. The van der Waals surface area contributed by atoms with Gasteiger partial charge in [-0.15, -0.1) is 0 Å². The zero-order valence-electron chi connectivity index (χ0n) is 19.5. The van der Waals surface area contributed by atoms with Gasteiger partial charge in [0.2, 0.25) is 0 Å². The molecular formula is C24H28N6O4. The molecular weight excluding hydrogens is 436 g/mol. The molecule has 0 aromatic carbocycles. The van der Waals surface area contributed by atoms with E-state index in [9.17, 15) is 10.1 Å². The van der Waals surface area contributed by atoms with Crippen LogP contribution in [-0.2, 0) is 16.0 Å². The van der Waals surface area contributed by atoms with Crippen LogP contribution in [0.15, 0.2) is 36.9 Å². The lowest BCUT2D eigenvalue weighted by Gasteiger charge is -2.22. The average Bonchev–Trinajstić information content (AvgIpc) is 3.53. The molecule has 0 aliphatic carbocycles. The van der Waals surface area contributed by atoms with Crippen LogP contribution >= 0.6 is 0 Å². The van der Waals surface area contributed by atoms with E-state index in [-0.39, 0.29) is 11.9 Å². The third-order valence-corrected chi connectivity index (χ3v) is 5.51. The molecule has 0 spiro atoms. The lowest BCUT2D eigenvalue weighted by atomic mass is 10.1. The number of carbonyl (C=O) groups excluding carboxylic acids is 1. The predicted octanol–water partition coefficient (Wildman–Crippen LogP) is 3.92. The fourth-order valence-corrected chi connectivity index (χ4v) is 3.81. The van der Waals surface area contributed by atoms with Crippen molar-refractivity contribution < 1.29 is 19.0 Å². The third-order valence-electron chi connectivity index (χ3n) is 5.51. The molecule has 4 rings (SSSR count). The zero-order valence-corrected chi connectivity index (χ0v) is 19.5. The second-order valence-electron chi connectivity index (χ2n) is 8.41. The Bertz CT molecular complexity index is 1100. The number of pyridine rings is 2. The van der Waals surface area contributed by atoms with Gasteiger partial charge in [-0.05, 0) is 51.4 Å². The summed E-state index contributed by atoms with van der Waals surface area (Å²) >= 11 is 0. The fourth-order valence-electron chi connectivity index (χ4n) is 3.81. The number of ether oxygens (including phenoxy) is 3. The highest BCUT2D eigenvalue weighted by molar-refractivity contribution is 6.00. The number of likely N-dealkylation sites (tertiary alicyclic amines) is 1. The number of aromatic nitrogens is 2.